The number of hydrogen-bond donors (Lipinski definition) is 0. The fraction of sp³-hybridized carbons (Fsp3) is 0.429. The molecule has 0 aliphatic carbocycles. The molecule has 0 unspecified atom stereocenters. The van der Waals surface area contributed by atoms with Gasteiger partial charge in [0.1, 0.15) is 5.75 Å². The highest BCUT2D eigenvalue weighted by Gasteiger charge is 2.28. The van der Waals surface area contributed by atoms with E-state index in [-0.39, 0.29) is 35.4 Å². The topological polar surface area (TPSA) is 90.7 Å². The maximum absolute atomic E-state index is 13.5. The Morgan fingerprint density at radius 3 is 2.65 bits per heavy atom. The van der Waals surface area contributed by atoms with E-state index >= 15 is 0 Å². The number of carbonyl (C=O) groups is 1. The van der Waals surface area contributed by atoms with Gasteiger partial charge in [0.15, 0.2) is 0 Å². The van der Waals surface area contributed by atoms with E-state index in [0.717, 1.165) is 12.8 Å². The van der Waals surface area contributed by atoms with Gasteiger partial charge >= 0.3 is 0 Å². The predicted molar refractivity (Wildman–Crippen MR) is 141 cm³/mol. The normalized spacial score (nSPS) is 15.7. The average Bonchev–Trinajstić information content (AvgIpc) is 3.54. The molecule has 1 atom stereocenters. The predicted octanol–water partition coefficient (Wildman–Crippen LogP) is 4.34. The zero-order valence-electron chi connectivity index (χ0n) is 21.7. The van der Waals surface area contributed by atoms with E-state index in [1.807, 2.05) is 32.0 Å². The van der Waals surface area contributed by atoms with Gasteiger partial charge in [-0.25, -0.2) is 13.4 Å². The molecule has 1 aliphatic rings. The largest absolute Gasteiger partial charge is 0.497 e. The van der Waals surface area contributed by atoms with Crippen LogP contribution in [0.15, 0.2) is 66.0 Å². The standard InChI is InChI=1S/C28H35N3O5S/c1-21(2)17-31-24(16-29-28(31)37(33,34)20-22-9-7-12-25(15-22)35-3)18-30(19-26-13-8-14-36-26)27(32)23-10-5-4-6-11-23/h4-7,9-12,15-16,21,26H,8,13-14,17-20H2,1-3H3/t26-/m1/s1. The van der Waals surface area contributed by atoms with Gasteiger partial charge in [0.05, 0.1) is 37.4 Å². The molecule has 9 heteroatoms. The van der Waals surface area contributed by atoms with E-state index in [1.54, 1.807) is 59.2 Å². The van der Waals surface area contributed by atoms with E-state index in [2.05, 4.69) is 4.98 Å². The molecule has 1 saturated heterocycles. The molecule has 198 valence electrons. The summed E-state index contributed by atoms with van der Waals surface area (Å²) in [6.45, 7) is 5.89. The number of nitrogens with zero attached hydrogens (tertiary/aromatic N) is 3. The Bertz CT molecular complexity index is 1300. The van der Waals surface area contributed by atoms with Gasteiger partial charge in [-0.05, 0) is 48.6 Å². The molecular weight excluding hydrogens is 490 g/mol. The zero-order chi connectivity index (χ0) is 26.4. The summed E-state index contributed by atoms with van der Waals surface area (Å²) < 4.78 is 39.8. The SMILES string of the molecule is COc1cccc(CS(=O)(=O)c2ncc(CN(C[C@H]3CCCO3)C(=O)c3ccccc3)n2CC(C)C)c1. The highest BCUT2D eigenvalue weighted by Crippen LogP contribution is 2.23. The van der Waals surface area contributed by atoms with Crippen molar-refractivity contribution in [3.63, 3.8) is 0 Å². The van der Waals surface area contributed by atoms with Crippen LogP contribution < -0.4 is 4.74 Å². The monoisotopic (exact) mass is 525 g/mol. The van der Waals surface area contributed by atoms with Crippen molar-refractivity contribution >= 4 is 15.7 Å². The van der Waals surface area contributed by atoms with Gasteiger partial charge in [-0.3, -0.25) is 4.79 Å². The van der Waals surface area contributed by atoms with Crippen LogP contribution in [0.4, 0.5) is 0 Å². The van der Waals surface area contributed by atoms with Crippen LogP contribution in [0, 0.1) is 5.92 Å². The maximum atomic E-state index is 13.5. The molecular formula is C28H35N3O5S. The summed E-state index contributed by atoms with van der Waals surface area (Å²) in [5, 5.41) is 0.0169. The van der Waals surface area contributed by atoms with Crippen molar-refractivity contribution in [3.05, 3.63) is 77.6 Å². The van der Waals surface area contributed by atoms with Gasteiger partial charge in [-0.15, -0.1) is 0 Å². The Kier molecular flexibility index (Phi) is 8.66. The van der Waals surface area contributed by atoms with Crippen molar-refractivity contribution in [3.8, 4) is 5.75 Å². The molecule has 0 radical (unpaired) electrons. The van der Waals surface area contributed by atoms with Crippen LogP contribution in [0.3, 0.4) is 0 Å². The van der Waals surface area contributed by atoms with Gasteiger partial charge in [0, 0.05) is 25.3 Å². The van der Waals surface area contributed by atoms with Crippen LogP contribution in [0.5, 0.6) is 5.75 Å². The summed E-state index contributed by atoms with van der Waals surface area (Å²) >= 11 is 0. The Hall–Kier alpha value is -3.17. The van der Waals surface area contributed by atoms with E-state index in [1.165, 1.54) is 0 Å². The smallest absolute Gasteiger partial charge is 0.254 e. The maximum Gasteiger partial charge on any atom is 0.254 e. The highest BCUT2D eigenvalue weighted by atomic mass is 32.2. The van der Waals surface area contributed by atoms with Crippen molar-refractivity contribution in [1.29, 1.82) is 0 Å². The molecule has 0 saturated carbocycles. The van der Waals surface area contributed by atoms with Crippen LogP contribution in [0.2, 0.25) is 0 Å². The highest BCUT2D eigenvalue weighted by molar-refractivity contribution is 7.90. The first kappa shape index (κ1) is 26.9. The molecule has 2 heterocycles. The minimum Gasteiger partial charge on any atom is -0.497 e. The zero-order valence-corrected chi connectivity index (χ0v) is 22.5. The number of hydrogen-bond acceptors (Lipinski definition) is 6. The lowest BCUT2D eigenvalue weighted by molar-refractivity contribution is 0.0501. The minimum atomic E-state index is -3.76. The third-order valence-corrected chi connectivity index (χ3v) is 7.92. The molecule has 8 nitrogen and oxygen atoms in total. The van der Waals surface area contributed by atoms with E-state index in [4.69, 9.17) is 9.47 Å². The van der Waals surface area contributed by atoms with Crippen molar-refractivity contribution < 1.29 is 22.7 Å². The Morgan fingerprint density at radius 1 is 1.19 bits per heavy atom. The molecule has 1 aliphatic heterocycles. The van der Waals surface area contributed by atoms with Crippen molar-refractivity contribution in [2.24, 2.45) is 5.92 Å². The molecule has 4 rings (SSSR count). The number of sulfone groups is 1. The molecule has 37 heavy (non-hydrogen) atoms. The molecule has 0 spiro atoms. The molecule has 3 aromatic rings. The minimum absolute atomic E-state index is 0.0169. The first-order valence-electron chi connectivity index (χ1n) is 12.6. The average molecular weight is 526 g/mol. The molecule has 1 aromatic heterocycles. The van der Waals surface area contributed by atoms with E-state index < -0.39 is 9.84 Å². The summed E-state index contributed by atoms with van der Waals surface area (Å²) in [5.74, 6) is 0.467. The second-order valence-corrected chi connectivity index (χ2v) is 11.7. The fourth-order valence-electron chi connectivity index (χ4n) is 4.59. The van der Waals surface area contributed by atoms with Crippen molar-refractivity contribution in [2.75, 3.05) is 20.3 Å². The number of benzene rings is 2. The van der Waals surface area contributed by atoms with Crippen molar-refractivity contribution in [1.82, 2.24) is 14.5 Å². The molecule has 1 amide bonds. The summed E-state index contributed by atoms with van der Waals surface area (Å²) in [4.78, 5) is 19.6. The number of carbonyl (C=O) groups excluding carboxylic acids is 1. The number of imidazole rings is 1. The number of amides is 1. The van der Waals surface area contributed by atoms with Crippen LogP contribution in [-0.4, -0.2) is 55.1 Å². The number of rotatable bonds is 11. The Morgan fingerprint density at radius 2 is 1.97 bits per heavy atom. The second-order valence-electron chi connectivity index (χ2n) is 9.83. The van der Waals surface area contributed by atoms with Crippen LogP contribution in [0.25, 0.3) is 0 Å². The lowest BCUT2D eigenvalue weighted by atomic mass is 10.1. The van der Waals surface area contributed by atoms with Gasteiger partial charge in [0.2, 0.25) is 15.0 Å². The number of ether oxygens (including phenoxy) is 2. The second kappa shape index (κ2) is 11.9. The Balaban J connectivity index is 1.65. The lowest BCUT2D eigenvalue weighted by Crippen LogP contribution is -2.37. The first-order valence-corrected chi connectivity index (χ1v) is 14.3. The summed E-state index contributed by atoms with van der Waals surface area (Å²) in [7, 11) is -2.21. The summed E-state index contributed by atoms with van der Waals surface area (Å²) in [6, 6.07) is 16.2. The quantitative estimate of drug-likeness (QED) is 0.370. The number of methoxy groups -OCH3 is 1. The van der Waals surface area contributed by atoms with Gasteiger partial charge in [-0.1, -0.05) is 44.2 Å². The molecule has 0 bridgehead atoms. The van der Waals surface area contributed by atoms with Crippen molar-refractivity contribution in [2.45, 2.75) is 56.8 Å². The molecule has 1 fully saturated rings. The molecule has 2 aromatic carbocycles. The van der Waals surface area contributed by atoms with Crippen LogP contribution in [0.1, 0.15) is 48.3 Å². The Labute approximate surface area is 219 Å². The number of aromatic nitrogens is 2. The van der Waals surface area contributed by atoms with Crippen LogP contribution >= 0.6 is 0 Å². The fourth-order valence-corrected chi connectivity index (χ4v) is 6.07. The third-order valence-electron chi connectivity index (χ3n) is 6.33. The van der Waals surface area contributed by atoms with Gasteiger partial charge in [-0.2, -0.15) is 0 Å². The van der Waals surface area contributed by atoms with Gasteiger partial charge in [0.25, 0.3) is 5.91 Å². The van der Waals surface area contributed by atoms with E-state index in [0.29, 0.717) is 42.3 Å². The summed E-state index contributed by atoms with van der Waals surface area (Å²) in [5.41, 5.74) is 1.89. The molecule has 0 N–H and O–H groups in total. The van der Waals surface area contributed by atoms with Gasteiger partial charge < -0.3 is 18.9 Å². The van der Waals surface area contributed by atoms with Crippen LogP contribution in [-0.2, 0) is 33.4 Å². The summed E-state index contributed by atoms with van der Waals surface area (Å²) in [6.07, 6.45) is 3.41. The van der Waals surface area contributed by atoms with E-state index in [9.17, 15) is 13.2 Å². The third kappa shape index (κ3) is 6.78. The lowest BCUT2D eigenvalue weighted by Gasteiger charge is -2.26. The first-order chi connectivity index (χ1) is 17.8.